The van der Waals surface area contributed by atoms with E-state index in [4.69, 9.17) is 4.84 Å². The van der Waals surface area contributed by atoms with Gasteiger partial charge in [-0.3, -0.25) is 19.2 Å². The quantitative estimate of drug-likeness (QED) is 0.636. The first kappa shape index (κ1) is 16.9. The van der Waals surface area contributed by atoms with Gasteiger partial charge in [0.15, 0.2) is 0 Å². The van der Waals surface area contributed by atoms with E-state index in [1.165, 1.54) is 12.1 Å². The van der Waals surface area contributed by atoms with Crippen LogP contribution in [0.2, 0.25) is 0 Å². The molecule has 0 aliphatic carbocycles. The van der Waals surface area contributed by atoms with Crippen molar-refractivity contribution in [3.8, 4) is 0 Å². The molecule has 0 radical (unpaired) electrons. The molecule has 3 amide bonds. The van der Waals surface area contributed by atoms with E-state index in [1.54, 1.807) is 17.4 Å². The van der Waals surface area contributed by atoms with Crippen molar-refractivity contribution in [3.63, 3.8) is 0 Å². The van der Waals surface area contributed by atoms with Crippen molar-refractivity contribution in [2.75, 3.05) is 13.2 Å². The normalized spacial score (nSPS) is 14.1. The number of benzene rings is 1. The van der Waals surface area contributed by atoms with Gasteiger partial charge in [-0.1, -0.05) is 12.1 Å². The Kier molecular flexibility index (Phi) is 4.99. The van der Waals surface area contributed by atoms with Crippen LogP contribution in [0, 0.1) is 0 Å². The summed E-state index contributed by atoms with van der Waals surface area (Å²) in [5, 5.41) is 2.35. The second kappa shape index (κ2) is 6.78. The number of imide groups is 1. The van der Waals surface area contributed by atoms with Crippen molar-refractivity contribution in [1.29, 1.82) is 0 Å². The largest absolute Gasteiger partial charge is 0.471 e. The number of fused-ring (bicyclic) bond motifs is 1. The van der Waals surface area contributed by atoms with Crippen LogP contribution in [0.5, 0.6) is 0 Å². The molecule has 9 heteroatoms. The molecule has 0 fully saturated rings. The Morgan fingerprint density at radius 2 is 1.65 bits per heavy atom. The number of alkyl halides is 3. The maximum absolute atomic E-state index is 11.9. The van der Waals surface area contributed by atoms with Crippen molar-refractivity contribution in [3.05, 3.63) is 35.4 Å². The first-order chi connectivity index (χ1) is 10.8. The smallest absolute Gasteiger partial charge is 0.348 e. The highest BCUT2D eigenvalue weighted by Crippen LogP contribution is 2.22. The highest BCUT2D eigenvalue weighted by molar-refractivity contribution is 6.20. The summed E-state index contributed by atoms with van der Waals surface area (Å²) in [7, 11) is 0. The van der Waals surface area contributed by atoms with Crippen LogP contribution in [0.4, 0.5) is 13.2 Å². The van der Waals surface area contributed by atoms with Crippen molar-refractivity contribution in [2.45, 2.75) is 19.0 Å². The van der Waals surface area contributed by atoms with Gasteiger partial charge >= 0.3 is 12.1 Å². The summed E-state index contributed by atoms with van der Waals surface area (Å²) in [6, 6.07) is 6.25. The molecular weight excluding hydrogens is 317 g/mol. The van der Waals surface area contributed by atoms with E-state index in [0.717, 1.165) is 0 Å². The summed E-state index contributed by atoms with van der Waals surface area (Å²) in [4.78, 5) is 39.5. The molecular formula is C14H13F3N2O4. The highest BCUT2D eigenvalue weighted by atomic mass is 19.4. The van der Waals surface area contributed by atoms with Crippen molar-refractivity contribution in [2.24, 2.45) is 0 Å². The van der Waals surface area contributed by atoms with Crippen LogP contribution in [0.15, 0.2) is 24.3 Å². The van der Waals surface area contributed by atoms with E-state index in [2.05, 4.69) is 0 Å². The van der Waals surface area contributed by atoms with Gasteiger partial charge in [-0.15, -0.1) is 5.06 Å². The Labute approximate surface area is 129 Å². The van der Waals surface area contributed by atoms with Gasteiger partial charge in [0.05, 0.1) is 17.7 Å². The number of amides is 3. The number of carbonyl (C=O) groups is 3. The minimum absolute atomic E-state index is 0.0344. The number of hydrogen-bond donors (Lipinski definition) is 1. The van der Waals surface area contributed by atoms with Gasteiger partial charge < -0.3 is 5.32 Å². The molecule has 1 heterocycles. The third-order valence-electron chi connectivity index (χ3n) is 3.09. The lowest BCUT2D eigenvalue weighted by Crippen LogP contribution is -2.37. The van der Waals surface area contributed by atoms with Crippen LogP contribution in [0.1, 0.15) is 33.6 Å². The second-order valence-corrected chi connectivity index (χ2v) is 4.74. The zero-order valence-corrected chi connectivity index (χ0v) is 11.9. The number of nitrogens with one attached hydrogen (secondary N) is 1. The van der Waals surface area contributed by atoms with Gasteiger partial charge in [-0.25, -0.2) is 0 Å². The van der Waals surface area contributed by atoms with E-state index >= 15 is 0 Å². The molecule has 1 aromatic rings. The summed E-state index contributed by atoms with van der Waals surface area (Å²) < 4.78 is 35.8. The maximum Gasteiger partial charge on any atom is 0.471 e. The van der Waals surface area contributed by atoms with Crippen LogP contribution in [-0.4, -0.2) is 42.1 Å². The molecule has 0 saturated heterocycles. The molecule has 0 saturated carbocycles. The van der Waals surface area contributed by atoms with E-state index in [9.17, 15) is 27.6 Å². The zero-order valence-electron chi connectivity index (χ0n) is 11.9. The van der Waals surface area contributed by atoms with Crippen molar-refractivity contribution >= 4 is 17.7 Å². The van der Waals surface area contributed by atoms with Crippen molar-refractivity contribution < 1.29 is 32.4 Å². The molecule has 1 aliphatic rings. The molecule has 124 valence electrons. The molecule has 0 spiro atoms. The second-order valence-electron chi connectivity index (χ2n) is 4.74. The van der Waals surface area contributed by atoms with Crippen LogP contribution in [0.3, 0.4) is 0 Å². The van der Waals surface area contributed by atoms with E-state index in [1.807, 2.05) is 0 Å². The SMILES string of the molecule is O=C1c2ccccc2C(=O)N1OCCCCNC(=O)C(F)(F)F. The fourth-order valence-electron chi connectivity index (χ4n) is 1.97. The topological polar surface area (TPSA) is 75.7 Å². The molecule has 1 N–H and O–H groups in total. The molecule has 23 heavy (non-hydrogen) atoms. The average molecular weight is 330 g/mol. The summed E-state index contributed by atoms with van der Waals surface area (Å²) in [6.45, 7) is -0.211. The standard InChI is InChI=1S/C14H13F3N2O4/c15-14(16,17)13(22)18-7-3-4-8-23-19-11(20)9-5-1-2-6-10(9)12(19)21/h1-2,5-6H,3-4,7-8H2,(H,18,22). The monoisotopic (exact) mass is 330 g/mol. The summed E-state index contributed by atoms with van der Waals surface area (Å²) in [5.41, 5.74) is 0.491. The van der Waals surface area contributed by atoms with Gasteiger partial charge in [-0.05, 0) is 25.0 Å². The number of hydrogen-bond acceptors (Lipinski definition) is 4. The minimum Gasteiger partial charge on any atom is -0.348 e. The Morgan fingerprint density at radius 3 is 2.17 bits per heavy atom. The molecule has 2 rings (SSSR count). The van der Waals surface area contributed by atoms with Gasteiger partial charge in [0, 0.05) is 6.54 Å². The summed E-state index contributed by atoms with van der Waals surface area (Å²) in [6.07, 6.45) is -4.42. The number of carbonyl (C=O) groups excluding carboxylic acids is 3. The Morgan fingerprint density at radius 1 is 1.09 bits per heavy atom. The molecule has 0 aromatic heterocycles. The van der Waals surface area contributed by atoms with Crippen LogP contribution in [0.25, 0.3) is 0 Å². The maximum atomic E-state index is 11.9. The Balaban J connectivity index is 1.71. The number of unbranched alkanes of at least 4 members (excludes halogenated alkanes) is 1. The number of hydroxylamine groups is 2. The lowest BCUT2D eigenvalue weighted by atomic mass is 10.1. The first-order valence-corrected chi connectivity index (χ1v) is 6.78. The molecule has 0 bridgehead atoms. The predicted molar refractivity (Wildman–Crippen MR) is 71.2 cm³/mol. The Hall–Kier alpha value is -2.42. The fourth-order valence-corrected chi connectivity index (χ4v) is 1.97. The van der Waals surface area contributed by atoms with Gasteiger partial charge in [-0.2, -0.15) is 13.2 Å². The number of nitrogens with zero attached hydrogens (tertiary/aromatic N) is 1. The molecule has 0 unspecified atom stereocenters. The van der Waals surface area contributed by atoms with E-state index in [0.29, 0.717) is 5.06 Å². The number of rotatable bonds is 6. The highest BCUT2D eigenvalue weighted by Gasteiger charge is 2.38. The lowest BCUT2D eigenvalue weighted by Gasteiger charge is -2.13. The van der Waals surface area contributed by atoms with Crippen LogP contribution < -0.4 is 5.32 Å². The Bertz CT molecular complexity index is 596. The average Bonchev–Trinajstić information content (AvgIpc) is 2.74. The first-order valence-electron chi connectivity index (χ1n) is 6.78. The van der Waals surface area contributed by atoms with Crippen LogP contribution >= 0.6 is 0 Å². The van der Waals surface area contributed by atoms with Gasteiger partial charge in [0.1, 0.15) is 0 Å². The summed E-state index contributed by atoms with van der Waals surface area (Å²) >= 11 is 0. The lowest BCUT2D eigenvalue weighted by molar-refractivity contribution is -0.173. The molecule has 0 atom stereocenters. The van der Waals surface area contributed by atoms with Gasteiger partial charge in [0.25, 0.3) is 11.8 Å². The van der Waals surface area contributed by atoms with Crippen LogP contribution in [-0.2, 0) is 9.63 Å². The zero-order chi connectivity index (χ0) is 17.0. The van der Waals surface area contributed by atoms with E-state index in [-0.39, 0.29) is 37.1 Å². The third-order valence-corrected chi connectivity index (χ3v) is 3.09. The summed E-state index contributed by atoms with van der Waals surface area (Å²) in [5.74, 6) is -3.15. The predicted octanol–water partition coefficient (Wildman–Crippen LogP) is 1.67. The molecule has 6 nitrogen and oxygen atoms in total. The molecule has 1 aliphatic heterocycles. The fraction of sp³-hybridized carbons (Fsp3) is 0.357. The molecule has 1 aromatic carbocycles. The van der Waals surface area contributed by atoms with Crippen molar-refractivity contribution in [1.82, 2.24) is 10.4 Å². The third kappa shape index (κ3) is 3.86. The van der Waals surface area contributed by atoms with E-state index < -0.39 is 23.9 Å². The number of halogens is 3. The minimum atomic E-state index is -4.91. The van der Waals surface area contributed by atoms with Gasteiger partial charge in [0.2, 0.25) is 0 Å².